The average Bonchev–Trinajstić information content (AvgIpc) is 3.17. The minimum atomic E-state index is -0.635. The van der Waals surface area contributed by atoms with Gasteiger partial charge in [-0.1, -0.05) is 19.9 Å². The Morgan fingerprint density at radius 2 is 2.08 bits per heavy atom. The zero-order valence-corrected chi connectivity index (χ0v) is 22.0. The van der Waals surface area contributed by atoms with Gasteiger partial charge in [-0.3, -0.25) is 9.88 Å². The molecule has 0 bridgehead atoms. The Bertz CT molecular complexity index is 1230. The van der Waals surface area contributed by atoms with E-state index in [0.717, 1.165) is 11.3 Å². The van der Waals surface area contributed by atoms with E-state index in [-0.39, 0.29) is 11.2 Å². The Morgan fingerprint density at radius 1 is 1.27 bits per heavy atom. The molecule has 37 heavy (non-hydrogen) atoms. The lowest BCUT2D eigenvalue weighted by Gasteiger charge is -2.28. The van der Waals surface area contributed by atoms with Gasteiger partial charge in [0.25, 0.3) is 0 Å². The summed E-state index contributed by atoms with van der Waals surface area (Å²) in [5, 5.41) is 27.2. The number of nitrogens with one attached hydrogen (secondary N) is 2. The number of nitrogens with zero attached hydrogens (tertiary/aromatic N) is 4. The van der Waals surface area contributed by atoms with Crippen LogP contribution in [0, 0.1) is 18.2 Å². The fourth-order valence-corrected chi connectivity index (χ4v) is 4.74. The molecule has 1 saturated heterocycles. The Labute approximate surface area is 217 Å². The maximum atomic E-state index is 14.7. The molecule has 4 heterocycles. The fourth-order valence-electron chi connectivity index (χ4n) is 4.74. The number of aryl methyl sites for hydroxylation is 1. The molecule has 0 aliphatic carbocycles. The normalized spacial score (nSPS) is 20.9. The second-order valence-electron chi connectivity index (χ2n) is 10.1. The number of likely N-dealkylation sites (tertiary alicyclic amines) is 1. The molecule has 0 amide bonds. The molecule has 3 atom stereocenters. The number of halogens is 1. The van der Waals surface area contributed by atoms with Crippen molar-refractivity contribution in [2.45, 2.75) is 52.5 Å². The molecule has 1 aliphatic heterocycles. The third kappa shape index (κ3) is 6.32. The number of aliphatic hydroxyl groups is 2. The molecule has 200 valence electrons. The molecule has 3 aromatic rings. The minimum absolute atomic E-state index is 0.357. The van der Waals surface area contributed by atoms with Crippen LogP contribution in [0.25, 0.3) is 11.0 Å². The number of aromatic nitrogens is 3. The van der Waals surface area contributed by atoms with Gasteiger partial charge < -0.3 is 25.6 Å². The van der Waals surface area contributed by atoms with Crippen molar-refractivity contribution in [3.8, 4) is 5.88 Å². The average molecular weight is 513 g/mol. The van der Waals surface area contributed by atoms with Crippen molar-refractivity contribution >= 4 is 16.9 Å². The van der Waals surface area contributed by atoms with Gasteiger partial charge in [0, 0.05) is 49.8 Å². The molecule has 3 unspecified atom stereocenters. The van der Waals surface area contributed by atoms with Crippen molar-refractivity contribution in [3.05, 3.63) is 53.1 Å². The molecule has 0 spiro atoms. The van der Waals surface area contributed by atoms with Crippen LogP contribution in [0.2, 0.25) is 0 Å². The van der Waals surface area contributed by atoms with Crippen LogP contribution in [0.3, 0.4) is 0 Å². The number of hydrogen-bond acceptors (Lipinski definition) is 9. The van der Waals surface area contributed by atoms with E-state index in [0.29, 0.717) is 73.9 Å². The van der Waals surface area contributed by atoms with E-state index < -0.39 is 12.3 Å². The van der Waals surface area contributed by atoms with Crippen LogP contribution in [-0.4, -0.2) is 75.7 Å². The quantitative estimate of drug-likeness (QED) is 0.288. The minimum Gasteiger partial charge on any atom is -0.481 e. The van der Waals surface area contributed by atoms with Crippen molar-refractivity contribution in [3.63, 3.8) is 0 Å². The predicted molar refractivity (Wildman–Crippen MR) is 141 cm³/mol. The predicted octanol–water partition coefficient (Wildman–Crippen LogP) is 2.64. The van der Waals surface area contributed by atoms with Crippen LogP contribution in [0.1, 0.15) is 37.1 Å². The topological polar surface area (TPSA) is 116 Å². The number of fused-ring (bicyclic) bond motifs is 1. The van der Waals surface area contributed by atoms with Crippen molar-refractivity contribution in [2.75, 3.05) is 38.6 Å². The summed E-state index contributed by atoms with van der Waals surface area (Å²) >= 11 is 0. The van der Waals surface area contributed by atoms with E-state index in [9.17, 15) is 14.6 Å². The molecule has 0 saturated carbocycles. The Morgan fingerprint density at radius 3 is 2.84 bits per heavy atom. The molecular weight excluding hydrogens is 475 g/mol. The summed E-state index contributed by atoms with van der Waals surface area (Å²) in [5.41, 5.74) is 3.11. The van der Waals surface area contributed by atoms with E-state index in [1.54, 1.807) is 12.1 Å². The number of anilines is 1. The Balaban J connectivity index is 1.35. The van der Waals surface area contributed by atoms with E-state index in [1.807, 2.05) is 26.0 Å². The van der Waals surface area contributed by atoms with Gasteiger partial charge in [0.2, 0.25) is 5.88 Å². The number of hydrogen-bond donors (Lipinski definition) is 4. The van der Waals surface area contributed by atoms with Gasteiger partial charge in [-0.25, -0.2) is 14.4 Å². The summed E-state index contributed by atoms with van der Waals surface area (Å²) in [6.07, 6.45) is 1.13. The molecule has 9 nitrogen and oxygen atoms in total. The summed E-state index contributed by atoms with van der Waals surface area (Å²) in [5.74, 6) is 0.710. The van der Waals surface area contributed by atoms with Gasteiger partial charge in [0.1, 0.15) is 17.9 Å². The molecule has 4 N–H and O–H groups in total. The number of rotatable bonds is 11. The monoisotopic (exact) mass is 512 g/mol. The van der Waals surface area contributed by atoms with Crippen LogP contribution >= 0.6 is 0 Å². The number of aliphatic hydroxyl groups excluding tert-OH is 2. The second kappa shape index (κ2) is 11.6. The molecule has 1 aliphatic rings. The van der Waals surface area contributed by atoms with Gasteiger partial charge in [-0.05, 0) is 37.5 Å². The van der Waals surface area contributed by atoms with Crippen LogP contribution in [0.15, 0.2) is 30.5 Å². The molecular formula is C27H37FN6O3. The second-order valence-corrected chi connectivity index (χ2v) is 10.1. The summed E-state index contributed by atoms with van der Waals surface area (Å²) in [6.45, 7) is 8.85. The van der Waals surface area contributed by atoms with E-state index >= 15 is 0 Å². The highest BCUT2D eigenvalue weighted by atomic mass is 19.1. The van der Waals surface area contributed by atoms with Crippen molar-refractivity contribution in [1.82, 2.24) is 25.2 Å². The zero-order chi connectivity index (χ0) is 26.6. The first-order valence-electron chi connectivity index (χ1n) is 12.7. The van der Waals surface area contributed by atoms with Crippen LogP contribution in [-0.2, 0) is 13.0 Å². The smallest absolute Gasteiger partial charge is 0.213 e. The Hall–Kier alpha value is -2.92. The van der Waals surface area contributed by atoms with Crippen LogP contribution in [0.5, 0.6) is 5.88 Å². The van der Waals surface area contributed by atoms with Crippen molar-refractivity contribution < 1.29 is 19.3 Å². The van der Waals surface area contributed by atoms with Crippen molar-refractivity contribution in [1.29, 1.82) is 0 Å². The number of pyridine rings is 3. The van der Waals surface area contributed by atoms with Gasteiger partial charge in [0.15, 0.2) is 0 Å². The fraction of sp³-hybridized carbons (Fsp3) is 0.519. The lowest BCUT2D eigenvalue weighted by molar-refractivity contribution is 0.0817. The summed E-state index contributed by atoms with van der Waals surface area (Å²) in [7, 11) is 1.53. The molecule has 4 rings (SSSR count). The first kappa shape index (κ1) is 27.1. The van der Waals surface area contributed by atoms with E-state index in [4.69, 9.17) is 4.74 Å². The lowest BCUT2D eigenvalue weighted by atomic mass is 9.87. The highest BCUT2D eigenvalue weighted by Gasteiger charge is 2.41. The first-order valence-corrected chi connectivity index (χ1v) is 12.7. The highest BCUT2D eigenvalue weighted by molar-refractivity contribution is 5.78. The summed E-state index contributed by atoms with van der Waals surface area (Å²) in [4.78, 5) is 15.4. The summed E-state index contributed by atoms with van der Waals surface area (Å²) in [6, 6.07) is 7.43. The van der Waals surface area contributed by atoms with Gasteiger partial charge in [0.05, 0.1) is 36.1 Å². The van der Waals surface area contributed by atoms with Gasteiger partial charge >= 0.3 is 0 Å². The molecule has 1 fully saturated rings. The van der Waals surface area contributed by atoms with E-state index in [1.165, 1.54) is 13.3 Å². The third-order valence-electron chi connectivity index (χ3n) is 7.13. The highest BCUT2D eigenvalue weighted by Crippen LogP contribution is 2.30. The van der Waals surface area contributed by atoms with Crippen LogP contribution < -0.4 is 15.4 Å². The number of ether oxygens (including phenoxy) is 1. The zero-order valence-electron chi connectivity index (χ0n) is 22.0. The lowest BCUT2D eigenvalue weighted by Crippen LogP contribution is -2.41. The molecule has 10 heteroatoms. The first-order chi connectivity index (χ1) is 17.7. The van der Waals surface area contributed by atoms with Crippen LogP contribution in [0.4, 0.5) is 10.2 Å². The maximum absolute atomic E-state index is 14.7. The van der Waals surface area contributed by atoms with Crippen molar-refractivity contribution in [2.24, 2.45) is 5.41 Å². The number of methoxy groups -OCH3 is 1. The largest absolute Gasteiger partial charge is 0.481 e. The maximum Gasteiger partial charge on any atom is 0.213 e. The van der Waals surface area contributed by atoms with Gasteiger partial charge in [-0.2, -0.15) is 0 Å². The Kier molecular flexibility index (Phi) is 8.53. The van der Waals surface area contributed by atoms with Gasteiger partial charge in [-0.15, -0.1) is 0 Å². The number of β-amino-alcohol motifs (C(OH)–C–C–N with tert-alkyl or cyclic N) is 1. The standard InChI is InChI=1S/C27H37FN6O3/c1-5-23(36)32-26-17(2)6-7-18(31-26)12-29-15-27(3)16-34(14-22(27)35)11-10-19-20(28)13-30-21-8-9-24(37-4)33-25(19)21/h6-9,13,22-23,29,35-36H,5,10-12,14-16H2,1-4H3,(H,31,32). The molecule has 0 radical (unpaired) electrons. The SMILES string of the molecule is CCC(O)Nc1nc(CNCC2(C)CN(CCc3c(F)cnc4ccc(OC)nc34)CC2O)ccc1C. The molecule has 0 aromatic carbocycles. The third-order valence-corrected chi connectivity index (χ3v) is 7.13. The molecule has 3 aromatic heterocycles. The van der Waals surface area contributed by atoms with E-state index in [2.05, 4.69) is 37.4 Å². The summed E-state index contributed by atoms with van der Waals surface area (Å²) < 4.78 is 19.9.